The summed E-state index contributed by atoms with van der Waals surface area (Å²) in [7, 11) is 2.01. The number of rotatable bonds is 4. The lowest BCUT2D eigenvalue weighted by Crippen LogP contribution is -2.36. The molecule has 3 aromatic heterocycles. The molecule has 124 valence electrons. The third kappa shape index (κ3) is 2.97. The van der Waals surface area contributed by atoms with Crippen molar-refractivity contribution >= 4 is 0 Å². The molecule has 1 aliphatic heterocycles. The quantitative estimate of drug-likeness (QED) is 0.740. The van der Waals surface area contributed by atoms with Gasteiger partial charge in [-0.05, 0) is 31.0 Å². The van der Waals surface area contributed by atoms with E-state index < -0.39 is 0 Å². The fourth-order valence-electron chi connectivity index (χ4n) is 3.51. The van der Waals surface area contributed by atoms with Crippen LogP contribution >= 0.6 is 0 Å². The van der Waals surface area contributed by atoms with Gasteiger partial charge in [0, 0.05) is 63.4 Å². The number of pyridine rings is 1. The van der Waals surface area contributed by atoms with E-state index in [4.69, 9.17) is 0 Å². The molecule has 0 radical (unpaired) electrons. The maximum absolute atomic E-state index is 4.55. The number of imidazole rings is 2. The predicted molar refractivity (Wildman–Crippen MR) is 92.2 cm³/mol. The van der Waals surface area contributed by atoms with Gasteiger partial charge < -0.3 is 9.13 Å². The van der Waals surface area contributed by atoms with Crippen LogP contribution in [0.3, 0.4) is 0 Å². The van der Waals surface area contributed by atoms with Crippen molar-refractivity contribution in [2.75, 3.05) is 13.1 Å². The van der Waals surface area contributed by atoms with E-state index in [0.29, 0.717) is 6.04 Å². The molecule has 0 spiro atoms. The number of likely N-dealkylation sites (tertiary alicyclic amines) is 1. The SMILES string of the molecule is Cn1ccnc1-c1nccn1[C@H]1CCCN(Cc2cccnc2)C1. The summed E-state index contributed by atoms with van der Waals surface area (Å²) in [6.07, 6.45) is 13.9. The first kappa shape index (κ1) is 15.1. The summed E-state index contributed by atoms with van der Waals surface area (Å²) >= 11 is 0. The summed E-state index contributed by atoms with van der Waals surface area (Å²) in [4.78, 5) is 15.7. The van der Waals surface area contributed by atoms with Crippen LogP contribution < -0.4 is 0 Å². The van der Waals surface area contributed by atoms with Gasteiger partial charge in [0.25, 0.3) is 0 Å². The minimum absolute atomic E-state index is 0.435. The molecule has 1 saturated heterocycles. The van der Waals surface area contributed by atoms with Crippen LogP contribution in [0.4, 0.5) is 0 Å². The normalized spacial score (nSPS) is 18.8. The van der Waals surface area contributed by atoms with Gasteiger partial charge >= 0.3 is 0 Å². The summed E-state index contributed by atoms with van der Waals surface area (Å²) < 4.78 is 4.31. The van der Waals surface area contributed by atoms with Crippen LogP contribution in [-0.4, -0.2) is 42.1 Å². The van der Waals surface area contributed by atoms with Gasteiger partial charge in [-0.25, -0.2) is 9.97 Å². The molecule has 24 heavy (non-hydrogen) atoms. The lowest BCUT2D eigenvalue weighted by Gasteiger charge is -2.34. The van der Waals surface area contributed by atoms with Crippen LogP contribution in [-0.2, 0) is 13.6 Å². The van der Waals surface area contributed by atoms with Gasteiger partial charge in [-0.15, -0.1) is 0 Å². The highest BCUT2D eigenvalue weighted by atomic mass is 15.2. The molecule has 0 bridgehead atoms. The van der Waals surface area contributed by atoms with E-state index in [9.17, 15) is 0 Å². The van der Waals surface area contributed by atoms with Crippen molar-refractivity contribution in [1.29, 1.82) is 0 Å². The fraction of sp³-hybridized carbons (Fsp3) is 0.389. The summed E-state index contributed by atoms with van der Waals surface area (Å²) in [6, 6.07) is 4.59. The maximum Gasteiger partial charge on any atom is 0.176 e. The first-order valence-electron chi connectivity index (χ1n) is 8.43. The Morgan fingerprint density at radius 3 is 2.79 bits per heavy atom. The first-order chi connectivity index (χ1) is 11.8. The lowest BCUT2D eigenvalue weighted by molar-refractivity contribution is 0.171. The Bertz CT molecular complexity index is 791. The van der Waals surface area contributed by atoms with E-state index in [1.165, 1.54) is 18.4 Å². The topological polar surface area (TPSA) is 51.8 Å². The Morgan fingerprint density at radius 1 is 1.12 bits per heavy atom. The molecule has 0 aromatic carbocycles. The average molecular weight is 322 g/mol. The van der Waals surface area contributed by atoms with E-state index in [1.54, 1.807) is 0 Å². The molecule has 1 aliphatic rings. The van der Waals surface area contributed by atoms with Crippen molar-refractivity contribution in [2.45, 2.75) is 25.4 Å². The molecule has 3 aromatic rings. The van der Waals surface area contributed by atoms with Crippen LogP contribution in [0.15, 0.2) is 49.3 Å². The van der Waals surface area contributed by atoms with Crippen molar-refractivity contribution in [1.82, 2.24) is 29.0 Å². The number of hydrogen-bond donors (Lipinski definition) is 0. The summed E-state index contributed by atoms with van der Waals surface area (Å²) in [5.74, 6) is 1.88. The summed E-state index contributed by atoms with van der Waals surface area (Å²) in [5, 5.41) is 0. The van der Waals surface area contributed by atoms with Crippen molar-refractivity contribution in [3.05, 3.63) is 54.9 Å². The molecule has 6 nitrogen and oxygen atoms in total. The van der Waals surface area contributed by atoms with Crippen LogP contribution in [0.25, 0.3) is 11.6 Å². The van der Waals surface area contributed by atoms with Gasteiger partial charge in [0.1, 0.15) is 0 Å². The molecule has 0 aliphatic carbocycles. The second-order valence-electron chi connectivity index (χ2n) is 6.41. The Kier molecular flexibility index (Phi) is 4.13. The molecule has 6 heteroatoms. The predicted octanol–water partition coefficient (Wildman–Crippen LogP) is 2.52. The molecule has 0 unspecified atom stereocenters. The van der Waals surface area contributed by atoms with Crippen LogP contribution in [0.5, 0.6) is 0 Å². The number of aromatic nitrogens is 5. The van der Waals surface area contributed by atoms with Gasteiger partial charge in [-0.2, -0.15) is 0 Å². The minimum atomic E-state index is 0.435. The van der Waals surface area contributed by atoms with Crippen molar-refractivity contribution < 1.29 is 0 Å². The number of aryl methyl sites for hydroxylation is 1. The largest absolute Gasteiger partial charge is 0.331 e. The smallest absolute Gasteiger partial charge is 0.176 e. The van der Waals surface area contributed by atoms with Crippen molar-refractivity contribution in [3.63, 3.8) is 0 Å². The third-order valence-electron chi connectivity index (χ3n) is 4.69. The van der Waals surface area contributed by atoms with E-state index in [-0.39, 0.29) is 0 Å². The summed E-state index contributed by atoms with van der Waals surface area (Å²) in [6.45, 7) is 3.12. The Labute approximate surface area is 141 Å². The van der Waals surface area contributed by atoms with Crippen molar-refractivity contribution in [3.8, 4) is 11.6 Å². The van der Waals surface area contributed by atoms with E-state index in [0.717, 1.165) is 31.3 Å². The molecule has 0 amide bonds. The zero-order valence-corrected chi connectivity index (χ0v) is 13.9. The van der Waals surface area contributed by atoms with E-state index >= 15 is 0 Å². The highest BCUT2D eigenvalue weighted by Crippen LogP contribution is 2.27. The van der Waals surface area contributed by atoms with Gasteiger partial charge in [0.2, 0.25) is 0 Å². The highest BCUT2D eigenvalue weighted by molar-refractivity contribution is 5.45. The van der Waals surface area contributed by atoms with Crippen LogP contribution in [0.1, 0.15) is 24.4 Å². The Hall–Kier alpha value is -2.47. The van der Waals surface area contributed by atoms with E-state index in [2.05, 4.69) is 36.7 Å². The number of nitrogens with zero attached hydrogens (tertiary/aromatic N) is 6. The summed E-state index contributed by atoms with van der Waals surface area (Å²) in [5.41, 5.74) is 1.27. The molecule has 1 atom stereocenters. The molecular weight excluding hydrogens is 300 g/mol. The number of piperidine rings is 1. The third-order valence-corrected chi connectivity index (χ3v) is 4.69. The molecular formula is C18H22N6. The molecule has 4 heterocycles. The second-order valence-corrected chi connectivity index (χ2v) is 6.41. The van der Waals surface area contributed by atoms with Gasteiger partial charge in [0.15, 0.2) is 11.6 Å². The minimum Gasteiger partial charge on any atom is -0.331 e. The highest BCUT2D eigenvalue weighted by Gasteiger charge is 2.24. The Morgan fingerprint density at radius 2 is 2.00 bits per heavy atom. The van der Waals surface area contributed by atoms with Gasteiger partial charge in [-0.3, -0.25) is 9.88 Å². The average Bonchev–Trinajstić information content (AvgIpc) is 3.24. The molecule has 1 fully saturated rings. The monoisotopic (exact) mass is 322 g/mol. The molecule has 0 N–H and O–H groups in total. The molecule has 0 saturated carbocycles. The maximum atomic E-state index is 4.55. The zero-order chi connectivity index (χ0) is 16.4. The first-order valence-corrected chi connectivity index (χ1v) is 8.43. The van der Waals surface area contributed by atoms with Gasteiger partial charge in [0.05, 0.1) is 0 Å². The van der Waals surface area contributed by atoms with Gasteiger partial charge in [-0.1, -0.05) is 6.07 Å². The fourth-order valence-corrected chi connectivity index (χ4v) is 3.51. The zero-order valence-electron chi connectivity index (χ0n) is 13.9. The number of hydrogen-bond acceptors (Lipinski definition) is 4. The van der Waals surface area contributed by atoms with E-state index in [1.807, 2.05) is 48.7 Å². The lowest BCUT2D eigenvalue weighted by atomic mass is 10.0. The van der Waals surface area contributed by atoms with Crippen LogP contribution in [0.2, 0.25) is 0 Å². The second kappa shape index (κ2) is 6.57. The standard InChI is InChI=1S/C18H22N6/c1-22-10-7-20-17(22)18-21-8-11-24(18)16-5-3-9-23(14-16)13-15-4-2-6-19-12-15/h2,4,6-8,10-12,16H,3,5,9,13-14H2,1H3/t16-/m0/s1. The van der Waals surface area contributed by atoms with Crippen molar-refractivity contribution in [2.24, 2.45) is 7.05 Å². The van der Waals surface area contributed by atoms with Crippen LogP contribution in [0, 0.1) is 0 Å². The Balaban J connectivity index is 1.53. The molecule has 4 rings (SSSR count).